The highest BCUT2D eigenvalue weighted by molar-refractivity contribution is 5.86. The van der Waals surface area contributed by atoms with Crippen LogP contribution < -0.4 is 15.8 Å². The van der Waals surface area contributed by atoms with Gasteiger partial charge in [-0.15, -0.1) is 10.2 Å². The van der Waals surface area contributed by atoms with Crippen LogP contribution in [0.5, 0.6) is 5.75 Å². The molecule has 2 fully saturated rings. The van der Waals surface area contributed by atoms with Crippen molar-refractivity contribution in [2.45, 2.75) is 43.6 Å². The number of benzene rings is 1. The van der Waals surface area contributed by atoms with E-state index in [4.69, 9.17) is 0 Å². The van der Waals surface area contributed by atoms with Crippen LogP contribution in [-0.2, 0) is 7.05 Å². The minimum absolute atomic E-state index is 0.105. The van der Waals surface area contributed by atoms with Crippen molar-refractivity contribution in [2.75, 3.05) is 11.9 Å². The van der Waals surface area contributed by atoms with Crippen LogP contribution in [0.2, 0.25) is 0 Å². The number of rotatable bonds is 3. The third-order valence-electron chi connectivity index (χ3n) is 6.28. The Morgan fingerprint density at radius 1 is 1.27 bits per heavy atom. The van der Waals surface area contributed by atoms with Gasteiger partial charge in [0.25, 0.3) is 5.56 Å². The van der Waals surface area contributed by atoms with Crippen LogP contribution in [0, 0.1) is 0 Å². The molecule has 4 atom stereocenters. The second-order valence-electron chi connectivity index (χ2n) is 8.09. The first-order valence-electron chi connectivity index (χ1n) is 9.94. The molecule has 1 aromatic carbocycles. The fraction of sp³-hybridized carbons (Fsp3) is 0.450. The zero-order valence-corrected chi connectivity index (χ0v) is 16.7. The number of phenolic OH excluding ortho intramolecular Hbond substituents is 1. The summed E-state index contributed by atoms with van der Waals surface area (Å²) >= 11 is 0. The van der Waals surface area contributed by atoms with E-state index in [1.54, 1.807) is 22.6 Å². The minimum Gasteiger partial charge on any atom is -0.507 e. The zero-order chi connectivity index (χ0) is 21.0. The SMILES string of the molecule is CN(c1cnc(-c2cc3c(cc2O)c(=O)ncn3C)nn1)C1CC2CCC(N2)[C@@H]1F. The smallest absolute Gasteiger partial charge is 0.280 e. The molecule has 0 spiro atoms. The Kier molecular flexibility index (Phi) is 4.39. The average molecular weight is 411 g/mol. The maximum Gasteiger partial charge on any atom is 0.280 e. The van der Waals surface area contributed by atoms with Crippen LogP contribution in [0.3, 0.4) is 0 Å². The Balaban J connectivity index is 1.46. The standard InChI is InChI=1S/C20H22FN7O2/c1-27-9-23-20(30)11-7-16(29)12(6-14(11)27)19-22-8-17(25-26-19)28(2)15-5-10-3-4-13(24-10)18(15)21/h6-10,13,15,18,24,29H,3-5H2,1-2H3/t10?,13?,15?,18-/m0/s1. The predicted molar refractivity (Wildman–Crippen MR) is 109 cm³/mol. The molecule has 0 aliphatic carbocycles. The van der Waals surface area contributed by atoms with E-state index in [-0.39, 0.29) is 23.7 Å². The molecule has 2 N–H and O–H groups in total. The normalized spacial score (nSPS) is 25.6. The van der Waals surface area contributed by atoms with E-state index in [0.717, 1.165) is 12.8 Å². The van der Waals surface area contributed by atoms with E-state index in [9.17, 15) is 14.3 Å². The Hall–Kier alpha value is -3.14. The molecule has 2 bridgehead atoms. The molecule has 3 aromatic rings. The molecule has 5 rings (SSSR count). The topological polar surface area (TPSA) is 109 Å². The second kappa shape index (κ2) is 6.98. The molecule has 10 heteroatoms. The fourth-order valence-electron chi connectivity index (χ4n) is 4.56. The lowest BCUT2D eigenvalue weighted by Crippen LogP contribution is -2.55. The van der Waals surface area contributed by atoms with Crippen molar-refractivity contribution >= 4 is 16.7 Å². The molecule has 0 radical (unpaired) electrons. The number of hydrogen-bond donors (Lipinski definition) is 2. The van der Waals surface area contributed by atoms with Crippen LogP contribution in [0.25, 0.3) is 22.3 Å². The van der Waals surface area contributed by atoms with Crippen molar-refractivity contribution < 1.29 is 9.50 Å². The molecule has 2 aliphatic rings. The van der Waals surface area contributed by atoms with E-state index in [1.807, 2.05) is 7.05 Å². The van der Waals surface area contributed by atoms with Gasteiger partial charge in [0.15, 0.2) is 11.6 Å². The maximum absolute atomic E-state index is 14.9. The highest BCUT2D eigenvalue weighted by Gasteiger charge is 2.43. The van der Waals surface area contributed by atoms with Crippen LogP contribution >= 0.6 is 0 Å². The van der Waals surface area contributed by atoms with Gasteiger partial charge in [0.1, 0.15) is 11.9 Å². The Morgan fingerprint density at radius 3 is 2.87 bits per heavy atom. The summed E-state index contributed by atoms with van der Waals surface area (Å²) in [5.41, 5.74) is 0.532. The molecule has 2 aromatic heterocycles. The average Bonchev–Trinajstić information content (AvgIpc) is 3.16. The van der Waals surface area contributed by atoms with Gasteiger partial charge in [-0.25, -0.2) is 9.37 Å². The van der Waals surface area contributed by atoms with Crippen molar-refractivity contribution in [1.82, 2.24) is 30.0 Å². The highest BCUT2D eigenvalue weighted by Crippen LogP contribution is 2.34. The molecular weight excluding hydrogens is 389 g/mol. The van der Waals surface area contributed by atoms with Gasteiger partial charge >= 0.3 is 0 Å². The molecule has 30 heavy (non-hydrogen) atoms. The van der Waals surface area contributed by atoms with Gasteiger partial charge in [-0.1, -0.05) is 0 Å². The summed E-state index contributed by atoms with van der Waals surface area (Å²) in [6, 6.07) is 2.96. The molecule has 0 amide bonds. The van der Waals surface area contributed by atoms with Gasteiger partial charge in [-0.2, -0.15) is 4.98 Å². The lowest BCUT2D eigenvalue weighted by Gasteiger charge is -2.38. The summed E-state index contributed by atoms with van der Waals surface area (Å²) in [6.07, 6.45) is 4.55. The number of aryl methyl sites for hydroxylation is 1. The number of halogens is 1. The lowest BCUT2D eigenvalue weighted by molar-refractivity contribution is 0.176. The third kappa shape index (κ3) is 2.98. The van der Waals surface area contributed by atoms with E-state index >= 15 is 0 Å². The van der Waals surface area contributed by atoms with Crippen molar-refractivity contribution in [3.63, 3.8) is 0 Å². The summed E-state index contributed by atoms with van der Waals surface area (Å²) in [5.74, 6) is 0.567. The number of nitrogens with zero attached hydrogens (tertiary/aromatic N) is 6. The number of phenols is 1. The summed E-state index contributed by atoms with van der Waals surface area (Å²) in [4.78, 5) is 21.9. The number of aromatic hydroxyl groups is 1. The number of fused-ring (bicyclic) bond motifs is 3. The number of aromatic nitrogens is 5. The van der Waals surface area contributed by atoms with Gasteiger partial charge in [-0.3, -0.25) is 4.79 Å². The van der Waals surface area contributed by atoms with Gasteiger partial charge < -0.3 is 19.9 Å². The fourth-order valence-corrected chi connectivity index (χ4v) is 4.56. The molecule has 156 valence electrons. The maximum atomic E-state index is 14.9. The van der Waals surface area contributed by atoms with E-state index in [2.05, 4.69) is 25.5 Å². The summed E-state index contributed by atoms with van der Waals surface area (Å²) in [5, 5.41) is 22.4. The van der Waals surface area contributed by atoms with Crippen LogP contribution in [0.1, 0.15) is 19.3 Å². The van der Waals surface area contributed by atoms with Crippen molar-refractivity contribution in [3.8, 4) is 17.1 Å². The van der Waals surface area contributed by atoms with E-state index in [0.29, 0.717) is 34.7 Å². The summed E-state index contributed by atoms with van der Waals surface area (Å²) in [7, 11) is 3.57. The Bertz CT molecular complexity index is 1170. The molecule has 4 heterocycles. The summed E-state index contributed by atoms with van der Waals surface area (Å²) in [6.45, 7) is 0. The predicted octanol–water partition coefficient (Wildman–Crippen LogP) is 1.16. The number of nitrogens with one attached hydrogen (secondary N) is 1. The molecule has 0 saturated carbocycles. The lowest BCUT2D eigenvalue weighted by atomic mass is 9.96. The first-order chi connectivity index (χ1) is 14.4. The minimum atomic E-state index is -0.977. The first kappa shape index (κ1) is 18.9. The second-order valence-corrected chi connectivity index (χ2v) is 8.09. The Labute approximate surface area is 171 Å². The van der Waals surface area contributed by atoms with Gasteiger partial charge in [0.05, 0.1) is 35.0 Å². The van der Waals surface area contributed by atoms with Crippen LogP contribution in [0.4, 0.5) is 10.2 Å². The van der Waals surface area contributed by atoms with Crippen LogP contribution in [-0.4, -0.2) is 61.2 Å². The molecule has 3 unspecified atom stereocenters. The van der Waals surface area contributed by atoms with Crippen molar-refractivity contribution in [3.05, 3.63) is 35.0 Å². The largest absolute Gasteiger partial charge is 0.507 e. The quantitative estimate of drug-likeness (QED) is 0.661. The van der Waals surface area contributed by atoms with Gasteiger partial charge in [0.2, 0.25) is 0 Å². The van der Waals surface area contributed by atoms with Crippen molar-refractivity contribution in [1.29, 1.82) is 0 Å². The number of piperidine rings is 1. The summed E-state index contributed by atoms with van der Waals surface area (Å²) < 4.78 is 16.5. The van der Waals surface area contributed by atoms with Gasteiger partial charge in [0, 0.05) is 26.2 Å². The molecule has 2 saturated heterocycles. The van der Waals surface area contributed by atoms with Crippen molar-refractivity contribution in [2.24, 2.45) is 7.05 Å². The number of alkyl halides is 1. The molecular formula is C20H22FN7O2. The van der Waals surface area contributed by atoms with Gasteiger partial charge in [-0.05, 0) is 31.4 Å². The third-order valence-corrected chi connectivity index (χ3v) is 6.28. The number of hydrogen-bond acceptors (Lipinski definition) is 8. The van der Waals surface area contributed by atoms with E-state index < -0.39 is 11.7 Å². The number of anilines is 1. The van der Waals surface area contributed by atoms with Crippen LogP contribution in [0.15, 0.2) is 29.5 Å². The Morgan fingerprint density at radius 2 is 2.10 bits per heavy atom. The molecule has 2 aliphatic heterocycles. The zero-order valence-electron chi connectivity index (χ0n) is 16.7. The monoisotopic (exact) mass is 411 g/mol. The first-order valence-corrected chi connectivity index (χ1v) is 9.94. The molecule has 9 nitrogen and oxygen atoms in total. The van der Waals surface area contributed by atoms with E-state index in [1.165, 1.54) is 18.6 Å². The highest BCUT2D eigenvalue weighted by atomic mass is 19.1.